The van der Waals surface area contributed by atoms with Crippen LogP contribution in [0.1, 0.15) is 5.56 Å². The Balaban J connectivity index is 2.32. The summed E-state index contributed by atoms with van der Waals surface area (Å²) in [5.74, 6) is 0.249. The van der Waals surface area contributed by atoms with Gasteiger partial charge in [0.25, 0.3) is 0 Å². The summed E-state index contributed by atoms with van der Waals surface area (Å²) < 4.78 is 37.0. The van der Waals surface area contributed by atoms with Gasteiger partial charge in [-0.05, 0) is 17.3 Å². The maximum atomic E-state index is 12.3. The molecule has 88 valence electrons. The van der Waals surface area contributed by atoms with Gasteiger partial charge in [0.1, 0.15) is 0 Å². The van der Waals surface area contributed by atoms with Crippen molar-refractivity contribution in [2.24, 2.45) is 0 Å². The average Bonchev–Trinajstić information content (AvgIpc) is 2.76. The Morgan fingerprint density at radius 3 is 2.29 bits per heavy atom. The number of rotatable bonds is 2. The van der Waals surface area contributed by atoms with Gasteiger partial charge in [0.15, 0.2) is 0 Å². The van der Waals surface area contributed by atoms with Crippen LogP contribution in [0.15, 0.2) is 30.8 Å². The van der Waals surface area contributed by atoms with E-state index in [-0.39, 0.29) is 5.82 Å². The molecule has 0 aliphatic carbocycles. The second-order valence-corrected chi connectivity index (χ2v) is 3.19. The Kier molecular flexibility index (Phi) is 2.66. The van der Waals surface area contributed by atoms with E-state index in [0.29, 0.717) is 5.56 Å². The Labute approximate surface area is 94.4 Å². The van der Waals surface area contributed by atoms with Crippen molar-refractivity contribution in [2.75, 3.05) is 0 Å². The molecule has 0 saturated heterocycles. The normalized spacial score (nSPS) is 11.5. The summed E-state index contributed by atoms with van der Waals surface area (Å²) in [5, 5.41) is 11.2. The van der Waals surface area contributed by atoms with E-state index < -0.39 is 11.7 Å². The fraction of sp³-hybridized carbons (Fsp3) is 0.100. The fourth-order valence-corrected chi connectivity index (χ4v) is 1.23. The summed E-state index contributed by atoms with van der Waals surface area (Å²) in [6.45, 7) is 3.43. The van der Waals surface area contributed by atoms with Gasteiger partial charge in [-0.15, -0.1) is 15.0 Å². The van der Waals surface area contributed by atoms with Gasteiger partial charge in [0.05, 0.1) is 5.56 Å². The van der Waals surface area contributed by atoms with Crippen LogP contribution in [0.25, 0.3) is 17.6 Å². The van der Waals surface area contributed by atoms with Crippen molar-refractivity contribution in [3.05, 3.63) is 36.4 Å². The minimum Gasteiger partial charge on any atom is -0.166 e. The number of tetrazole rings is 1. The largest absolute Gasteiger partial charge is 0.416 e. The molecule has 0 unspecified atom stereocenters. The molecule has 2 aromatic rings. The molecule has 0 spiro atoms. The van der Waals surface area contributed by atoms with Crippen LogP contribution in [0.2, 0.25) is 0 Å². The summed E-state index contributed by atoms with van der Waals surface area (Å²) in [5.41, 5.74) is -0.247. The van der Waals surface area contributed by atoms with Crippen molar-refractivity contribution < 1.29 is 13.2 Å². The van der Waals surface area contributed by atoms with Crippen LogP contribution in [0.3, 0.4) is 0 Å². The van der Waals surface area contributed by atoms with Crippen LogP contribution >= 0.6 is 0 Å². The van der Waals surface area contributed by atoms with Crippen LogP contribution in [-0.4, -0.2) is 20.2 Å². The lowest BCUT2D eigenvalue weighted by molar-refractivity contribution is -0.137. The Bertz CT molecular complexity index is 527. The lowest BCUT2D eigenvalue weighted by Crippen LogP contribution is -2.04. The maximum Gasteiger partial charge on any atom is 0.416 e. The van der Waals surface area contributed by atoms with Crippen molar-refractivity contribution in [2.45, 2.75) is 6.18 Å². The van der Waals surface area contributed by atoms with Crippen molar-refractivity contribution in [3.8, 4) is 11.4 Å². The summed E-state index contributed by atoms with van der Waals surface area (Å²) in [6.07, 6.45) is -3.01. The number of benzene rings is 1. The van der Waals surface area contributed by atoms with Crippen LogP contribution in [0, 0.1) is 0 Å². The van der Waals surface area contributed by atoms with Crippen molar-refractivity contribution >= 4 is 6.20 Å². The third kappa shape index (κ3) is 2.32. The van der Waals surface area contributed by atoms with E-state index >= 15 is 0 Å². The lowest BCUT2D eigenvalue weighted by atomic mass is 10.1. The summed E-state index contributed by atoms with van der Waals surface area (Å²) >= 11 is 0. The van der Waals surface area contributed by atoms with Gasteiger partial charge in [0.2, 0.25) is 5.82 Å². The molecule has 7 heteroatoms. The molecule has 0 aliphatic rings. The molecule has 0 N–H and O–H groups in total. The second kappa shape index (κ2) is 4.00. The smallest absolute Gasteiger partial charge is 0.166 e. The Morgan fingerprint density at radius 2 is 1.82 bits per heavy atom. The molecule has 2 rings (SSSR count). The van der Waals surface area contributed by atoms with Gasteiger partial charge in [-0.1, -0.05) is 18.7 Å². The Hall–Kier alpha value is -2.18. The summed E-state index contributed by atoms with van der Waals surface area (Å²) in [4.78, 5) is 1.13. The number of halogens is 3. The number of hydrogen-bond acceptors (Lipinski definition) is 3. The molecule has 0 bridgehead atoms. The van der Waals surface area contributed by atoms with Gasteiger partial charge < -0.3 is 0 Å². The zero-order valence-electron chi connectivity index (χ0n) is 8.52. The van der Waals surface area contributed by atoms with Crippen LogP contribution in [-0.2, 0) is 6.18 Å². The third-order valence-electron chi connectivity index (χ3n) is 2.06. The molecular formula is C10H7F3N4. The highest BCUT2D eigenvalue weighted by Crippen LogP contribution is 2.30. The maximum absolute atomic E-state index is 12.3. The summed E-state index contributed by atoms with van der Waals surface area (Å²) in [6, 6.07) is 4.55. The minimum atomic E-state index is -4.34. The first-order chi connectivity index (χ1) is 8.00. The van der Waals surface area contributed by atoms with Crippen LogP contribution < -0.4 is 0 Å². The standard InChI is InChI=1S/C10H7F3N4/c1-2-17-15-9(14-16-17)7-3-5-8(6-4-7)10(11,12)13/h2-6H,1H2. The highest BCUT2D eigenvalue weighted by molar-refractivity contribution is 5.54. The number of alkyl halides is 3. The molecule has 1 aromatic carbocycles. The molecule has 0 amide bonds. The topological polar surface area (TPSA) is 43.6 Å². The lowest BCUT2D eigenvalue weighted by Gasteiger charge is -2.05. The number of nitrogens with zero attached hydrogens (tertiary/aromatic N) is 4. The van der Waals surface area contributed by atoms with Gasteiger partial charge in [-0.3, -0.25) is 0 Å². The van der Waals surface area contributed by atoms with E-state index in [1.165, 1.54) is 18.3 Å². The first kappa shape index (κ1) is 11.3. The highest BCUT2D eigenvalue weighted by atomic mass is 19.4. The monoisotopic (exact) mass is 240 g/mol. The van der Waals surface area contributed by atoms with Crippen molar-refractivity contribution in [1.82, 2.24) is 20.2 Å². The van der Waals surface area contributed by atoms with E-state index in [1.807, 2.05) is 0 Å². The summed E-state index contributed by atoms with van der Waals surface area (Å²) in [7, 11) is 0. The molecular weight excluding hydrogens is 233 g/mol. The molecule has 0 atom stereocenters. The third-order valence-corrected chi connectivity index (χ3v) is 2.06. The van der Waals surface area contributed by atoms with Gasteiger partial charge in [-0.25, -0.2) is 0 Å². The zero-order chi connectivity index (χ0) is 12.5. The first-order valence-corrected chi connectivity index (χ1v) is 4.60. The van der Waals surface area contributed by atoms with E-state index in [9.17, 15) is 13.2 Å². The zero-order valence-corrected chi connectivity index (χ0v) is 8.52. The van der Waals surface area contributed by atoms with E-state index in [4.69, 9.17) is 0 Å². The molecule has 17 heavy (non-hydrogen) atoms. The fourth-order valence-electron chi connectivity index (χ4n) is 1.23. The average molecular weight is 240 g/mol. The first-order valence-electron chi connectivity index (χ1n) is 4.60. The molecule has 0 fully saturated rings. The van der Waals surface area contributed by atoms with E-state index in [0.717, 1.165) is 16.9 Å². The molecule has 0 saturated carbocycles. The van der Waals surface area contributed by atoms with Crippen molar-refractivity contribution in [3.63, 3.8) is 0 Å². The number of aromatic nitrogens is 4. The highest BCUT2D eigenvalue weighted by Gasteiger charge is 2.30. The van der Waals surface area contributed by atoms with E-state index in [1.54, 1.807) is 0 Å². The quantitative estimate of drug-likeness (QED) is 0.809. The minimum absolute atomic E-state index is 0.249. The molecule has 1 heterocycles. The molecule has 1 aromatic heterocycles. The van der Waals surface area contributed by atoms with Gasteiger partial charge >= 0.3 is 6.18 Å². The molecule has 4 nitrogen and oxygen atoms in total. The SMILES string of the molecule is C=Cn1nnc(-c2ccc(C(F)(F)F)cc2)n1. The predicted molar refractivity (Wildman–Crippen MR) is 54.6 cm³/mol. The number of hydrogen-bond donors (Lipinski definition) is 0. The van der Waals surface area contributed by atoms with Gasteiger partial charge in [0, 0.05) is 11.8 Å². The van der Waals surface area contributed by atoms with E-state index in [2.05, 4.69) is 22.0 Å². The van der Waals surface area contributed by atoms with Crippen molar-refractivity contribution in [1.29, 1.82) is 0 Å². The Morgan fingerprint density at radius 1 is 1.18 bits per heavy atom. The molecule has 0 aliphatic heterocycles. The van der Waals surface area contributed by atoms with Crippen LogP contribution in [0.5, 0.6) is 0 Å². The van der Waals surface area contributed by atoms with Gasteiger partial charge in [-0.2, -0.15) is 13.2 Å². The second-order valence-electron chi connectivity index (χ2n) is 3.19. The van der Waals surface area contributed by atoms with Crippen LogP contribution in [0.4, 0.5) is 13.2 Å². The predicted octanol–water partition coefficient (Wildman–Crippen LogP) is 2.46. The molecule has 0 radical (unpaired) electrons.